The van der Waals surface area contributed by atoms with E-state index in [0.717, 1.165) is 10.0 Å². The molecule has 0 unspecified atom stereocenters. The Balaban J connectivity index is 2.16. The van der Waals surface area contributed by atoms with Gasteiger partial charge in [0.1, 0.15) is 0 Å². The molecule has 2 aromatic carbocycles. The third-order valence-electron chi connectivity index (χ3n) is 3.31. The predicted octanol–water partition coefficient (Wildman–Crippen LogP) is 3.84. The topological polar surface area (TPSA) is 46.6 Å². The van der Waals surface area contributed by atoms with Crippen LogP contribution in [0.25, 0.3) is 6.08 Å². The molecule has 1 amide bonds. The summed E-state index contributed by atoms with van der Waals surface area (Å²) in [7, 11) is 3.26. The van der Waals surface area contributed by atoms with Crippen LogP contribution in [0.4, 0.5) is 0 Å². The number of carbonyl (C=O) groups is 2. The highest BCUT2D eigenvalue weighted by atomic mass is 79.9. The number of likely N-dealkylation sites (N-methyl/N-ethyl adjacent to an activating group) is 1. The molecule has 24 heavy (non-hydrogen) atoms. The van der Waals surface area contributed by atoms with E-state index in [4.69, 9.17) is 4.74 Å². The van der Waals surface area contributed by atoms with Crippen LogP contribution in [0.3, 0.4) is 0 Å². The first-order chi connectivity index (χ1) is 11.5. The molecule has 0 aromatic heterocycles. The molecule has 0 fully saturated rings. The number of nitrogens with zero attached hydrogens (tertiary/aromatic N) is 1. The molecular formula is C19H18BrNO3. The molecule has 124 valence electrons. The first-order valence-electron chi connectivity index (χ1n) is 7.38. The van der Waals surface area contributed by atoms with Crippen molar-refractivity contribution in [1.82, 2.24) is 4.90 Å². The highest BCUT2D eigenvalue weighted by molar-refractivity contribution is 9.10. The van der Waals surface area contributed by atoms with Crippen molar-refractivity contribution in [2.24, 2.45) is 0 Å². The standard InChI is InChI=1S/C19H18BrNO3/c1-21(2)19(23)18(15-9-4-3-5-10-15)24-17(22)13-12-14-8-6-7-11-16(14)20/h3-13,18H,1-2H3/b13-12+/t18-/m1/s1. The van der Waals surface area contributed by atoms with E-state index in [1.807, 2.05) is 30.3 Å². The molecule has 0 aliphatic heterocycles. The molecule has 0 N–H and O–H groups in total. The van der Waals surface area contributed by atoms with Crippen LogP contribution in [0.5, 0.6) is 0 Å². The Morgan fingerprint density at radius 2 is 1.67 bits per heavy atom. The van der Waals surface area contributed by atoms with Crippen LogP contribution in [0.2, 0.25) is 0 Å². The lowest BCUT2D eigenvalue weighted by molar-refractivity contribution is -0.155. The van der Waals surface area contributed by atoms with Gasteiger partial charge in [-0.2, -0.15) is 0 Å². The number of rotatable bonds is 5. The fourth-order valence-corrected chi connectivity index (χ4v) is 2.46. The second kappa shape index (κ2) is 8.45. The van der Waals surface area contributed by atoms with Gasteiger partial charge in [0, 0.05) is 30.2 Å². The van der Waals surface area contributed by atoms with Gasteiger partial charge in [0.05, 0.1) is 0 Å². The maximum atomic E-state index is 12.3. The third kappa shape index (κ3) is 4.80. The Kier molecular flexibility index (Phi) is 6.32. The van der Waals surface area contributed by atoms with Gasteiger partial charge in [0.2, 0.25) is 6.10 Å². The lowest BCUT2D eigenvalue weighted by atomic mass is 10.1. The molecule has 0 saturated carbocycles. The van der Waals surface area contributed by atoms with Gasteiger partial charge in [-0.25, -0.2) is 4.79 Å². The van der Waals surface area contributed by atoms with Gasteiger partial charge < -0.3 is 9.64 Å². The zero-order valence-electron chi connectivity index (χ0n) is 13.5. The van der Waals surface area contributed by atoms with Crippen LogP contribution in [0.15, 0.2) is 65.1 Å². The Morgan fingerprint density at radius 1 is 1.04 bits per heavy atom. The molecular weight excluding hydrogens is 370 g/mol. The zero-order chi connectivity index (χ0) is 17.5. The van der Waals surface area contributed by atoms with Gasteiger partial charge in [-0.1, -0.05) is 64.5 Å². The van der Waals surface area contributed by atoms with E-state index in [0.29, 0.717) is 5.56 Å². The third-order valence-corrected chi connectivity index (χ3v) is 4.03. The van der Waals surface area contributed by atoms with Crippen molar-refractivity contribution in [3.05, 3.63) is 76.3 Å². The molecule has 0 spiro atoms. The van der Waals surface area contributed by atoms with Gasteiger partial charge in [-0.05, 0) is 17.7 Å². The summed E-state index contributed by atoms with van der Waals surface area (Å²) in [5.41, 5.74) is 1.49. The molecule has 0 aliphatic carbocycles. The van der Waals surface area contributed by atoms with Crippen LogP contribution in [-0.4, -0.2) is 30.9 Å². The maximum Gasteiger partial charge on any atom is 0.331 e. The molecule has 0 saturated heterocycles. The Morgan fingerprint density at radius 3 is 2.29 bits per heavy atom. The van der Waals surface area contributed by atoms with Gasteiger partial charge in [0.25, 0.3) is 5.91 Å². The molecule has 0 heterocycles. The van der Waals surface area contributed by atoms with E-state index in [-0.39, 0.29) is 5.91 Å². The summed E-state index contributed by atoms with van der Waals surface area (Å²) in [6.07, 6.45) is 2.01. The van der Waals surface area contributed by atoms with Gasteiger partial charge in [0.15, 0.2) is 0 Å². The van der Waals surface area contributed by atoms with Crippen molar-refractivity contribution < 1.29 is 14.3 Å². The summed E-state index contributed by atoms with van der Waals surface area (Å²) >= 11 is 3.41. The molecule has 0 aliphatic rings. The fraction of sp³-hybridized carbons (Fsp3) is 0.158. The van der Waals surface area contributed by atoms with Crippen molar-refractivity contribution in [3.63, 3.8) is 0 Å². The highest BCUT2D eigenvalue weighted by Crippen LogP contribution is 2.21. The quantitative estimate of drug-likeness (QED) is 0.578. The van der Waals surface area contributed by atoms with Crippen LogP contribution >= 0.6 is 15.9 Å². The minimum absolute atomic E-state index is 0.288. The Hall–Kier alpha value is -2.40. The number of esters is 1. The van der Waals surface area contributed by atoms with E-state index in [2.05, 4.69) is 15.9 Å². The van der Waals surface area contributed by atoms with E-state index in [1.165, 1.54) is 11.0 Å². The van der Waals surface area contributed by atoms with Gasteiger partial charge in [-0.15, -0.1) is 0 Å². The second-order valence-corrected chi connectivity index (χ2v) is 6.17. The summed E-state index contributed by atoms with van der Waals surface area (Å²) < 4.78 is 6.26. The first kappa shape index (κ1) is 17.9. The maximum absolute atomic E-state index is 12.3. The zero-order valence-corrected chi connectivity index (χ0v) is 15.1. The normalized spacial score (nSPS) is 12.0. The van der Waals surface area contributed by atoms with Gasteiger partial charge >= 0.3 is 5.97 Å². The molecule has 0 bridgehead atoms. The summed E-state index contributed by atoms with van der Waals surface area (Å²) in [6.45, 7) is 0. The molecule has 0 radical (unpaired) electrons. The predicted molar refractivity (Wildman–Crippen MR) is 97.1 cm³/mol. The molecule has 1 atom stereocenters. The monoisotopic (exact) mass is 387 g/mol. The number of hydrogen-bond donors (Lipinski definition) is 0. The lowest BCUT2D eigenvalue weighted by Crippen LogP contribution is -2.30. The molecule has 4 nitrogen and oxygen atoms in total. The van der Waals surface area contributed by atoms with Gasteiger partial charge in [-0.3, -0.25) is 4.79 Å². The van der Waals surface area contributed by atoms with E-state index < -0.39 is 12.1 Å². The molecule has 2 aromatic rings. The number of halogens is 1. The van der Waals surface area contributed by atoms with Crippen LogP contribution in [-0.2, 0) is 14.3 Å². The fourth-order valence-electron chi connectivity index (χ4n) is 2.05. The van der Waals surface area contributed by atoms with E-state index in [9.17, 15) is 9.59 Å². The van der Waals surface area contributed by atoms with Crippen LogP contribution in [0.1, 0.15) is 17.2 Å². The lowest BCUT2D eigenvalue weighted by Gasteiger charge is -2.20. The smallest absolute Gasteiger partial charge is 0.331 e. The largest absolute Gasteiger partial charge is 0.444 e. The van der Waals surface area contributed by atoms with Crippen molar-refractivity contribution in [3.8, 4) is 0 Å². The number of ether oxygens (including phenoxy) is 1. The molecule has 2 rings (SSSR count). The molecule has 5 heteroatoms. The Bertz CT molecular complexity index is 741. The number of amides is 1. The summed E-state index contributed by atoms with van der Waals surface area (Å²) in [6, 6.07) is 16.5. The minimum atomic E-state index is -0.961. The van der Waals surface area contributed by atoms with E-state index in [1.54, 1.807) is 44.4 Å². The summed E-state index contributed by atoms with van der Waals surface area (Å²) in [5, 5.41) is 0. The number of carbonyl (C=O) groups excluding carboxylic acids is 2. The Labute approximate surface area is 149 Å². The highest BCUT2D eigenvalue weighted by Gasteiger charge is 2.25. The number of benzene rings is 2. The first-order valence-corrected chi connectivity index (χ1v) is 8.17. The summed E-state index contributed by atoms with van der Waals surface area (Å²) in [5.74, 6) is -0.862. The van der Waals surface area contributed by atoms with Crippen LogP contribution < -0.4 is 0 Å². The van der Waals surface area contributed by atoms with Crippen molar-refractivity contribution in [1.29, 1.82) is 0 Å². The van der Waals surface area contributed by atoms with Crippen molar-refractivity contribution >= 4 is 33.9 Å². The van der Waals surface area contributed by atoms with Crippen LogP contribution in [0, 0.1) is 0 Å². The minimum Gasteiger partial charge on any atom is -0.444 e. The van der Waals surface area contributed by atoms with Crippen molar-refractivity contribution in [2.45, 2.75) is 6.10 Å². The average Bonchev–Trinajstić information content (AvgIpc) is 2.59. The second-order valence-electron chi connectivity index (χ2n) is 5.32. The average molecular weight is 388 g/mol. The SMILES string of the molecule is CN(C)C(=O)[C@H](OC(=O)/C=C/c1ccccc1Br)c1ccccc1. The van der Waals surface area contributed by atoms with Crippen molar-refractivity contribution in [2.75, 3.05) is 14.1 Å². The van der Waals surface area contributed by atoms with E-state index >= 15 is 0 Å². The number of hydrogen-bond acceptors (Lipinski definition) is 3. The summed E-state index contributed by atoms with van der Waals surface area (Å²) in [4.78, 5) is 25.9.